The van der Waals surface area contributed by atoms with Gasteiger partial charge in [0.05, 0.1) is 6.61 Å². The van der Waals surface area contributed by atoms with E-state index in [-0.39, 0.29) is 12.5 Å². The molecule has 16 heavy (non-hydrogen) atoms. The highest BCUT2D eigenvalue weighted by atomic mass is 16.5. The fraction of sp³-hybridized carbons (Fsp3) is 0.800. The van der Waals surface area contributed by atoms with Gasteiger partial charge in [0.1, 0.15) is 6.54 Å². The fourth-order valence-corrected chi connectivity index (χ4v) is 1.24. The Morgan fingerprint density at radius 1 is 1.38 bits per heavy atom. The summed E-state index contributed by atoms with van der Waals surface area (Å²) in [5, 5.41) is 8.65. The first-order chi connectivity index (χ1) is 7.61. The molecule has 94 valence electrons. The zero-order chi connectivity index (χ0) is 12.4. The number of unbranched alkanes of at least 4 members (excludes halogenated alkanes) is 1. The van der Waals surface area contributed by atoms with Gasteiger partial charge in [-0.05, 0) is 19.4 Å². The molecule has 0 saturated heterocycles. The standard InChI is InChI=1S/C10H20N2O4/c1-16-7-6-12(8-10(14)15)9(13)4-2-3-5-11/h2-8,11H2,1H3,(H,14,15). The van der Waals surface area contributed by atoms with Crippen LogP contribution in [0.25, 0.3) is 0 Å². The average molecular weight is 232 g/mol. The van der Waals surface area contributed by atoms with Gasteiger partial charge in [-0.3, -0.25) is 9.59 Å². The summed E-state index contributed by atoms with van der Waals surface area (Å²) in [5.41, 5.74) is 5.31. The number of amides is 1. The van der Waals surface area contributed by atoms with E-state index in [1.807, 2.05) is 0 Å². The van der Waals surface area contributed by atoms with Gasteiger partial charge in [0.2, 0.25) is 5.91 Å². The molecular weight excluding hydrogens is 212 g/mol. The Kier molecular flexibility index (Phi) is 8.46. The summed E-state index contributed by atoms with van der Waals surface area (Å²) < 4.78 is 4.82. The molecule has 0 spiro atoms. The quantitative estimate of drug-likeness (QED) is 0.531. The van der Waals surface area contributed by atoms with E-state index in [4.69, 9.17) is 15.6 Å². The topological polar surface area (TPSA) is 92.9 Å². The molecule has 0 atom stereocenters. The Hall–Kier alpha value is -1.14. The molecule has 1 amide bonds. The first-order valence-corrected chi connectivity index (χ1v) is 5.30. The van der Waals surface area contributed by atoms with Crippen LogP contribution in [0.3, 0.4) is 0 Å². The highest BCUT2D eigenvalue weighted by Gasteiger charge is 2.15. The molecule has 0 aliphatic rings. The van der Waals surface area contributed by atoms with Crippen molar-refractivity contribution in [2.45, 2.75) is 19.3 Å². The lowest BCUT2D eigenvalue weighted by atomic mass is 10.2. The first kappa shape index (κ1) is 14.9. The molecule has 0 aromatic carbocycles. The summed E-state index contributed by atoms with van der Waals surface area (Å²) in [4.78, 5) is 23.5. The second-order valence-electron chi connectivity index (χ2n) is 3.45. The number of ether oxygens (including phenoxy) is 1. The highest BCUT2D eigenvalue weighted by molar-refractivity contribution is 5.81. The van der Waals surface area contributed by atoms with Gasteiger partial charge in [0, 0.05) is 20.1 Å². The summed E-state index contributed by atoms with van der Waals surface area (Å²) in [6.07, 6.45) is 1.81. The van der Waals surface area contributed by atoms with Crippen LogP contribution in [0.15, 0.2) is 0 Å². The monoisotopic (exact) mass is 232 g/mol. The molecule has 0 saturated carbocycles. The number of rotatable bonds is 9. The third kappa shape index (κ3) is 7.19. The predicted octanol–water partition coefficient (Wildman–Crippen LogP) is -0.325. The lowest BCUT2D eigenvalue weighted by Crippen LogP contribution is -2.37. The van der Waals surface area contributed by atoms with Gasteiger partial charge < -0.3 is 20.5 Å². The molecule has 0 aromatic heterocycles. The van der Waals surface area contributed by atoms with Crippen molar-refractivity contribution < 1.29 is 19.4 Å². The van der Waals surface area contributed by atoms with E-state index in [1.165, 1.54) is 12.0 Å². The van der Waals surface area contributed by atoms with Gasteiger partial charge >= 0.3 is 5.97 Å². The van der Waals surface area contributed by atoms with E-state index in [9.17, 15) is 9.59 Å². The molecule has 0 fully saturated rings. The Balaban J connectivity index is 4.04. The summed E-state index contributed by atoms with van der Waals surface area (Å²) in [5.74, 6) is -1.17. The van der Waals surface area contributed by atoms with Crippen molar-refractivity contribution in [2.75, 3.05) is 33.4 Å². The number of aliphatic carboxylic acids is 1. The lowest BCUT2D eigenvalue weighted by molar-refractivity contribution is -0.144. The summed E-state index contributed by atoms with van der Waals surface area (Å²) >= 11 is 0. The van der Waals surface area contributed by atoms with Gasteiger partial charge in [-0.1, -0.05) is 0 Å². The number of carbonyl (C=O) groups excluding carboxylic acids is 1. The number of nitrogens with zero attached hydrogens (tertiary/aromatic N) is 1. The summed E-state index contributed by atoms with van der Waals surface area (Å²) in [7, 11) is 1.51. The van der Waals surface area contributed by atoms with Crippen LogP contribution in [0.1, 0.15) is 19.3 Å². The van der Waals surface area contributed by atoms with Crippen LogP contribution in [0.4, 0.5) is 0 Å². The molecule has 0 rings (SSSR count). The molecule has 0 aliphatic carbocycles. The smallest absolute Gasteiger partial charge is 0.323 e. The minimum atomic E-state index is -1.01. The van der Waals surface area contributed by atoms with E-state index in [0.717, 1.165) is 6.42 Å². The minimum Gasteiger partial charge on any atom is -0.480 e. The van der Waals surface area contributed by atoms with E-state index < -0.39 is 5.97 Å². The normalized spacial score (nSPS) is 10.1. The Bertz CT molecular complexity index is 221. The minimum absolute atomic E-state index is 0.159. The van der Waals surface area contributed by atoms with Gasteiger partial charge in [0.25, 0.3) is 0 Å². The molecule has 0 unspecified atom stereocenters. The number of hydrogen-bond acceptors (Lipinski definition) is 4. The maximum absolute atomic E-state index is 11.6. The van der Waals surface area contributed by atoms with Gasteiger partial charge in [-0.25, -0.2) is 0 Å². The third-order valence-corrected chi connectivity index (χ3v) is 2.09. The number of carbonyl (C=O) groups is 2. The zero-order valence-electron chi connectivity index (χ0n) is 9.65. The SMILES string of the molecule is COCCN(CC(=O)O)C(=O)CCCCN. The second-order valence-corrected chi connectivity index (χ2v) is 3.45. The molecule has 3 N–H and O–H groups in total. The Morgan fingerprint density at radius 2 is 2.06 bits per heavy atom. The fourth-order valence-electron chi connectivity index (χ4n) is 1.24. The maximum Gasteiger partial charge on any atom is 0.323 e. The molecule has 0 heterocycles. The third-order valence-electron chi connectivity index (χ3n) is 2.09. The van der Waals surface area contributed by atoms with E-state index in [0.29, 0.717) is 32.5 Å². The van der Waals surface area contributed by atoms with Gasteiger partial charge in [0.15, 0.2) is 0 Å². The number of carboxylic acid groups (broad SMARTS) is 1. The maximum atomic E-state index is 11.6. The van der Waals surface area contributed by atoms with E-state index >= 15 is 0 Å². The average Bonchev–Trinajstić information content (AvgIpc) is 2.23. The summed E-state index contributed by atoms with van der Waals surface area (Å²) in [6.45, 7) is 0.926. The molecule has 6 heteroatoms. The number of methoxy groups -OCH3 is 1. The van der Waals surface area contributed by atoms with E-state index in [2.05, 4.69) is 0 Å². The largest absolute Gasteiger partial charge is 0.480 e. The van der Waals surface area contributed by atoms with Crippen LogP contribution in [-0.2, 0) is 14.3 Å². The Morgan fingerprint density at radius 3 is 2.56 bits per heavy atom. The predicted molar refractivity (Wildman–Crippen MR) is 59.0 cm³/mol. The van der Waals surface area contributed by atoms with Crippen molar-refractivity contribution in [3.63, 3.8) is 0 Å². The van der Waals surface area contributed by atoms with Crippen molar-refractivity contribution in [3.05, 3.63) is 0 Å². The second kappa shape index (κ2) is 9.11. The molecule has 0 radical (unpaired) electrons. The number of hydrogen-bond donors (Lipinski definition) is 2. The van der Waals surface area contributed by atoms with Crippen LogP contribution >= 0.6 is 0 Å². The highest BCUT2D eigenvalue weighted by Crippen LogP contribution is 2.00. The molecule has 6 nitrogen and oxygen atoms in total. The number of carboxylic acids is 1. The molecule has 0 aliphatic heterocycles. The van der Waals surface area contributed by atoms with Crippen molar-refractivity contribution in [2.24, 2.45) is 5.73 Å². The van der Waals surface area contributed by atoms with Crippen LogP contribution in [0.5, 0.6) is 0 Å². The van der Waals surface area contributed by atoms with E-state index in [1.54, 1.807) is 0 Å². The molecule has 0 bridgehead atoms. The van der Waals surface area contributed by atoms with Gasteiger partial charge in [-0.15, -0.1) is 0 Å². The molecular formula is C10H20N2O4. The zero-order valence-corrected chi connectivity index (χ0v) is 9.65. The first-order valence-electron chi connectivity index (χ1n) is 5.30. The van der Waals surface area contributed by atoms with Crippen molar-refractivity contribution in [1.82, 2.24) is 4.90 Å². The van der Waals surface area contributed by atoms with Crippen molar-refractivity contribution in [1.29, 1.82) is 0 Å². The van der Waals surface area contributed by atoms with Crippen LogP contribution in [0, 0.1) is 0 Å². The molecule has 0 aromatic rings. The van der Waals surface area contributed by atoms with Crippen molar-refractivity contribution in [3.8, 4) is 0 Å². The van der Waals surface area contributed by atoms with Crippen LogP contribution in [-0.4, -0.2) is 55.2 Å². The van der Waals surface area contributed by atoms with Crippen LogP contribution < -0.4 is 5.73 Å². The Labute approximate surface area is 95.4 Å². The van der Waals surface area contributed by atoms with Gasteiger partial charge in [-0.2, -0.15) is 0 Å². The van der Waals surface area contributed by atoms with Crippen LogP contribution in [0.2, 0.25) is 0 Å². The summed E-state index contributed by atoms with van der Waals surface area (Å²) in [6, 6.07) is 0. The lowest BCUT2D eigenvalue weighted by Gasteiger charge is -2.20. The number of nitrogens with two attached hydrogens (primary N) is 1. The van der Waals surface area contributed by atoms with Crippen molar-refractivity contribution >= 4 is 11.9 Å².